The molecule has 0 bridgehead atoms. The standard InChI is InChI=1S/C10H13NO4/c1-6(10(12)13)15-9-4-7(11)3-8(5-9)14-2/h3-6H,11H2,1-2H3,(H,12,13). The van der Waals surface area contributed by atoms with E-state index in [0.717, 1.165) is 0 Å². The van der Waals surface area contributed by atoms with E-state index in [4.69, 9.17) is 20.3 Å². The van der Waals surface area contributed by atoms with Crippen LogP contribution in [-0.2, 0) is 4.79 Å². The first kappa shape index (κ1) is 11.2. The summed E-state index contributed by atoms with van der Waals surface area (Å²) in [7, 11) is 1.50. The number of hydrogen-bond donors (Lipinski definition) is 2. The van der Waals surface area contributed by atoms with Crippen LogP contribution in [0.2, 0.25) is 0 Å². The summed E-state index contributed by atoms with van der Waals surface area (Å²) in [6, 6.07) is 4.75. The zero-order valence-electron chi connectivity index (χ0n) is 8.56. The maximum absolute atomic E-state index is 10.6. The molecule has 0 saturated carbocycles. The van der Waals surface area contributed by atoms with E-state index in [-0.39, 0.29) is 0 Å². The summed E-state index contributed by atoms with van der Waals surface area (Å²) in [6.45, 7) is 1.44. The topological polar surface area (TPSA) is 81.8 Å². The second-order valence-electron chi connectivity index (χ2n) is 3.04. The van der Waals surface area contributed by atoms with E-state index in [0.29, 0.717) is 17.2 Å². The van der Waals surface area contributed by atoms with E-state index in [1.807, 2.05) is 0 Å². The Morgan fingerprint density at radius 3 is 2.53 bits per heavy atom. The molecule has 0 heterocycles. The van der Waals surface area contributed by atoms with Gasteiger partial charge in [0, 0.05) is 23.9 Å². The molecule has 1 rings (SSSR count). The summed E-state index contributed by atoms with van der Waals surface area (Å²) < 4.78 is 10.1. The van der Waals surface area contributed by atoms with Gasteiger partial charge in [0.15, 0.2) is 6.10 Å². The molecule has 0 radical (unpaired) electrons. The van der Waals surface area contributed by atoms with Crippen molar-refractivity contribution in [3.05, 3.63) is 18.2 Å². The Balaban J connectivity index is 2.85. The van der Waals surface area contributed by atoms with Crippen molar-refractivity contribution in [1.29, 1.82) is 0 Å². The first-order valence-corrected chi connectivity index (χ1v) is 4.37. The maximum Gasteiger partial charge on any atom is 0.344 e. The second kappa shape index (κ2) is 4.54. The Kier molecular flexibility index (Phi) is 3.38. The third kappa shape index (κ3) is 3.05. The smallest absolute Gasteiger partial charge is 0.344 e. The number of carbonyl (C=O) groups is 1. The van der Waals surface area contributed by atoms with Gasteiger partial charge in [-0.05, 0) is 6.92 Å². The van der Waals surface area contributed by atoms with E-state index >= 15 is 0 Å². The maximum atomic E-state index is 10.6. The number of aliphatic carboxylic acids is 1. The third-order valence-corrected chi connectivity index (χ3v) is 1.80. The number of ether oxygens (including phenoxy) is 2. The van der Waals surface area contributed by atoms with E-state index in [1.165, 1.54) is 14.0 Å². The van der Waals surface area contributed by atoms with Gasteiger partial charge >= 0.3 is 5.97 Å². The van der Waals surface area contributed by atoms with Crippen LogP contribution in [0.5, 0.6) is 11.5 Å². The summed E-state index contributed by atoms with van der Waals surface area (Å²) in [6.07, 6.45) is -0.920. The van der Waals surface area contributed by atoms with Gasteiger partial charge in [-0.2, -0.15) is 0 Å². The van der Waals surface area contributed by atoms with Gasteiger partial charge in [-0.3, -0.25) is 0 Å². The number of nitrogen functional groups attached to an aromatic ring is 1. The minimum absolute atomic E-state index is 0.377. The molecular formula is C10H13NO4. The third-order valence-electron chi connectivity index (χ3n) is 1.80. The number of anilines is 1. The van der Waals surface area contributed by atoms with Crippen molar-refractivity contribution in [3.63, 3.8) is 0 Å². The molecule has 0 amide bonds. The molecule has 1 unspecified atom stereocenters. The van der Waals surface area contributed by atoms with Crippen molar-refractivity contribution in [2.24, 2.45) is 0 Å². The lowest BCUT2D eigenvalue weighted by Crippen LogP contribution is -2.22. The highest BCUT2D eigenvalue weighted by molar-refractivity contribution is 5.72. The van der Waals surface area contributed by atoms with E-state index in [2.05, 4.69) is 0 Å². The van der Waals surface area contributed by atoms with E-state index in [9.17, 15) is 4.79 Å². The Labute approximate surface area is 87.4 Å². The highest BCUT2D eigenvalue weighted by Gasteiger charge is 2.13. The van der Waals surface area contributed by atoms with Crippen LogP contribution < -0.4 is 15.2 Å². The molecule has 1 aromatic rings. The molecule has 1 aromatic carbocycles. The normalized spacial score (nSPS) is 11.9. The Hall–Kier alpha value is -1.91. The molecule has 15 heavy (non-hydrogen) atoms. The number of hydrogen-bond acceptors (Lipinski definition) is 4. The Bertz CT molecular complexity index is 364. The van der Waals surface area contributed by atoms with Gasteiger partial charge in [0.25, 0.3) is 0 Å². The van der Waals surface area contributed by atoms with Crippen LogP contribution in [-0.4, -0.2) is 24.3 Å². The monoisotopic (exact) mass is 211 g/mol. The van der Waals surface area contributed by atoms with Crippen LogP contribution in [0, 0.1) is 0 Å². The van der Waals surface area contributed by atoms with Crippen molar-refractivity contribution in [1.82, 2.24) is 0 Å². The summed E-state index contributed by atoms with van der Waals surface area (Å²) in [5.74, 6) is -0.124. The zero-order chi connectivity index (χ0) is 11.4. The average Bonchev–Trinajstić information content (AvgIpc) is 2.16. The van der Waals surface area contributed by atoms with Crippen LogP contribution in [0.15, 0.2) is 18.2 Å². The lowest BCUT2D eigenvalue weighted by atomic mass is 10.3. The van der Waals surface area contributed by atoms with Crippen LogP contribution in [0.25, 0.3) is 0 Å². The highest BCUT2D eigenvalue weighted by atomic mass is 16.5. The highest BCUT2D eigenvalue weighted by Crippen LogP contribution is 2.24. The molecule has 0 aliphatic heterocycles. The second-order valence-corrected chi connectivity index (χ2v) is 3.04. The van der Waals surface area contributed by atoms with Gasteiger partial charge in [-0.15, -0.1) is 0 Å². The number of carboxylic acids is 1. The number of nitrogens with two attached hydrogens (primary N) is 1. The van der Waals surface area contributed by atoms with Crippen molar-refractivity contribution >= 4 is 11.7 Å². The predicted molar refractivity (Wildman–Crippen MR) is 55.1 cm³/mol. The number of benzene rings is 1. The first-order valence-electron chi connectivity index (χ1n) is 4.37. The largest absolute Gasteiger partial charge is 0.497 e. The van der Waals surface area contributed by atoms with Crippen molar-refractivity contribution < 1.29 is 19.4 Å². The van der Waals surface area contributed by atoms with Crippen molar-refractivity contribution in [2.75, 3.05) is 12.8 Å². The van der Waals surface area contributed by atoms with Crippen LogP contribution in [0.1, 0.15) is 6.92 Å². The molecule has 3 N–H and O–H groups in total. The number of carboxylic acid groups (broad SMARTS) is 1. The molecule has 82 valence electrons. The lowest BCUT2D eigenvalue weighted by molar-refractivity contribution is -0.144. The van der Waals surface area contributed by atoms with Crippen LogP contribution in [0.4, 0.5) is 5.69 Å². The quantitative estimate of drug-likeness (QED) is 0.729. The zero-order valence-corrected chi connectivity index (χ0v) is 8.56. The van der Waals surface area contributed by atoms with E-state index in [1.54, 1.807) is 18.2 Å². The molecule has 0 spiro atoms. The Morgan fingerprint density at radius 1 is 1.40 bits per heavy atom. The molecule has 5 heteroatoms. The molecule has 0 aromatic heterocycles. The van der Waals surface area contributed by atoms with Gasteiger partial charge in [-0.1, -0.05) is 0 Å². The minimum atomic E-state index is -1.03. The fourth-order valence-electron chi connectivity index (χ4n) is 1.03. The molecule has 1 atom stereocenters. The van der Waals surface area contributed by atoms with Crippen LogP contribution >= 0.6 is 0 Å². The molecule has 0 aliphatic rings. The van der Waals surface area contributed by atoms with Gasteiger partial charge in [0.1, 0.15) is 11.5 Å². The summed E-state index contributed by atoms with van der Waals surface area (Å²) in [5, 5.41) is 8.65. The summed E-state index contributed by atoms with van der Waals surface area (Å²) in [5.41, 5.74) is 6.04. The molecule has 0 fully saturated rings. The first-order chi connectivity index (χ1) is 7.02. The van der Waals surface area contributed by atoms with Gasteiger partial charge in [0.2, 0.25) is 0 Å². The molecule has 0 saturated heterocycles. The Morgan fingerprint density at radius 2 is 2.00 bits per heavy atom. The predicted octanol–water partition coefficient (Wildman–Crippen LogP) is 1.13. The van der Waals surface area contributed by atoms with Crippen LogP contribution in [0.3, 0.4) is 0 Å². The van der Waals surface area contributed by atoms with Crippen molar-refractivity contribution in [3.8, 4) is 11.5 Å². The van der Waals surface area contributed by atoms with Gasteiger partial charge in [-0.25, -0.2) is 4.79 Å². The molecule has 5 nitrogen and oxygen atoms in total. The van der Waals surface area contributed by atoms with E-state index < -0.39 is 12.1 Å². The van der Waals surface area contributed by atoms with Gasteiger partial charge < -0.3 is 20.3 Å². The summed E-state index contributed by atoms with van der Waals surface area (Å²) >= 11 is 0. The average molecular weight is 211 g/mol. The van der Waals surface area contributed by atoms with Gasteiger partial charge in [0.05, 0.1) is 7.11 Å². The number of rotatable bonds is 4. The fourth-order valence-corrected chi connectivity index (χ4v) is 1.03. The number of methoxy groups -OCH3 is 1. The fraction of sp³-hybridized carbons (Fsp3) is 0.300. The molecule has 0 aliphatic carbocycles. The lowest BCUT2D eigenvalue weighted by Gasteiger charge is -2.11. The SMILES string of the molecule is COc1cc(N)cc(OC(C)C(=O)O)c1. The summed E-state index contributed by atoms with van der Waals surface area (Å²) in [4.78, 5) is 10.6. The molecular weight excluding hydrogens is 198 g/mol. The van der Waals surface area contributed by atoms with Crippen molar-refractivity contribution in [2.45, 2.75) is 13.0 Å². The minimum Gasteiger partial charge on any atom is -0.497 e.